The summed E-state index contributed by atoms with van der Waals surface area (Å²) in [7, 11) is 0. The van der Waals surface area contributed by atoms with E-state index < -0.39 is 18.1 Å². The second-order valence-corrected chi connectivity index (χ2v) is 2.75. The monoisotopic (exact) mass is 161 g/mol. The predicted octanol–water partition coefficient (Wildman–Crippen LogP) is -0.195. The lowest BCUT2D eigenvalue weighted by Crippen LogP contribution is -2.44. The molecule has 0 aromatic carbocycles. The maximum atomic E-state index is 10.2. The molecular formula is C7H15NO3. The van der Waals surface area contributed by atoms with Gasteiger partial charge in [0.05, 0.1) is 0 Å². The fraction of sp³-hybridized carbons (Fsp3) is 0.857. The average Bonchev–Trinajstić information content (AvgIpc) is 2.00. The lowest BCUT2D eigenvalue weighted by molar-refractivity contribution is -0.148. The molecule has 0 spiro atoms. The van der Waals surface area contributed by atoms with E-state index >= 15 is 0 Å². The Morgan fingerprint density at radius 3 is 2.36 bits per heavy atom. The van der Waals surface area contributed by atoms with E-state index in [2.05, 4.69) is 0 Å². The lowest BCUT2D eigenvalue weighted by Gasteiger charge is -2.20. The third-order valence-corrected chi connectivity index (χ3v) is 1.92. The fourth-order valence-corrected chi connectivity index (χ4v) is 0.748. The average molecular weight is 161 g/mol. The molecular weight excluding hydrogens is 146 g/mol. The molecule has 0 saturated carbocycles. The zero-order valence-corrected chi connectivity index (χ0v) is 6.82. The first-order chi connectivity index (χ1) is 5.00. The van der Waals surface area contributed by atoms with E-state index in [4.69, 9.17) is 15.9 Å². The van der Waals surface area contributed by atoms with Crippen LogP contribution in [0.1, 0.15) is 20.3 Å². The maximum Gasteiger partial charge on any atom is 0.334 e. The fourth-order valence-electron chi connectivity index (χ4n) is 0.748. The SMILES string of the molecule is CCC(C)[C@@H](N)[C@H](O)C(=O)O. The molecule has 0 rings (SSSR count). The van der Waals surface area contributed by atoms with E-state index in [-0.39, 0.29) is 5.92 Å². The third kappa shape index (κ3) is 2.86. The van der Waals surface area contributed by atoms with Gasteiger partial charge in [-0.25, -0.2) is 4.79 Å². The van der Waals surface area contributed by atoms with Crippen LogP contribution in [0.4, 0.5) is 0 Å². The van der Waals surface area contributed by atoms with E-state index in [0.29, 0.717) is 0 Å². The van der Waals surface area contributed by atoms with Gasteiger partial charge < -0.3 is 15.9 Å². The van der Waals surface area contributed by atoms with Gasteiger partial charge in [-0.3, -0.25) is 0 Å². The molecule has 0 heterocycles. The second-order valence-electron chi connectivity index (χ2n) is 2.75. The molecule has 0 aliphatic rings. The largest absolute Gasteiger partial charge is 0.479 e. The Hall–Kier alpha value is -0.610. The number of carbonyl (C=O) groups is 1. The number of carboxylic acids is 1. The molecule has 4 heteroatoms. The Bertz CT molecular complexity index is 138. The van der Waals surface area contributed by atoms with Crippen molar-refractivity contribution in [1.82, 2.24) is 0 Å². The summed E-state index contributed by atoms with van der Waals surface area (Å²) in [6.45, 7) is 3.72. The summed E-state index contributed by atoms with van der Waals surface area (Å²) < 4.78 is 0. The standard InChI is InChI=1S/C7H15NO3/c1-3-4(2)5(8)6(9)7(10)11/h4-6,9H,3,8H2,1-2H3,(H,10,11)/t4?,5-,6+/m1/s1. The van der Waals surface area contributed by atoms with Crippen molar-refractivity contribution in [1.29, 1.82) is 0 Å². The van der Waals surface area contributed by atoms with Crippen molar-refractivity contribution in [3.63, 3.8) is 0 Å². The highest BCUT2D eigenvalue weighted by Crippen LogP contribution is 2.08. The lowest BCUT2D eigenvalue weighted by atomic mass is 9.95. The van der Waals surface area contributed by atoms with Crippen LogP contribution >= 0.6 is 0 Å². The maximum absolute atomic E-state index is 10.2. The van der Waals surface area contributed by atoms with Crippen LogP contribution in [0.2, 0.25) is 0 Å². The van der Waals surface area contributed by atoms with Crippen molar-refractivity contribution in [2.75, 3.05) is 0 Å². The summed E-state index contributed by atoms with van der Waals surface area (Å²) in [5, 5.41) is 17.3. The minimum absolute atomic E-state index is 0.0288. The minimum Gasteiger partial charge on any atom is -0.479 e. The molecule has 0 aliphatic carbocycles. The first-order valence-electron chi connectivity index (χ1n) is 3.67. The molecule has 0 aromatic rings. The number of carboxylic acid groups (broad SMARTS) is 1. The quantitative estimate of drug-likeness (QED) is 0.533. The van der Waals surface area contributed by atoms with Gasteiger partial charge >= 0.3 is 5.97 Å². The van der Waals surface area contributed by atoms with Crippen molar-refractivity contribution < 1.29 is 15.0 Å². The summed E-state index contributed by atoms with van der Waals surface area (Å²) in [4.78, 5) is 10.2. The van der Waals surface area contributed by atoms with Crippen LogP contribution < -0.4 is 5.73 Å². The van der Waals surface area contributed by atoms with E-state index in [1.54, 1.807) is 0 Å². The van der Waals surface area contributed by atoms with Gasteiger partial charge in [-0.05, 0) is 5.92 Å². The molecule has 11 heavy (non-hydrogen) atoms. The zero-order chi connectivity index (χ0) is 9.02. The number of aliphatic hydroxyl groups excluding tert-OH is 1. The number of hydrogen-bond donors (Lipinski definition) is 3. The van der Waals surface area contributed by atoms with Crippen molar-refractivity contribution in [2.45, 2.75) is 32.4 Å². The Morgan fingerprint density at radius 1 is 1.64 bits per heavy atom. The summed E-state index contributed by atoms with van der Waals surface area (Å²) in [6, 6.07) is -0.669. The molecule has 0 bridgehead atoms. The van der Waals surface area contributed by atoms with Gasteiger partial charge in [-0.15, -0.1) is 0 Å². The van der Waals surface area contributed by atoms with Gasteiger partial charge in [0.1, 0.15) is 0 Å². The number of aliphatic hydroxyl groups is 1. The van der Waals surface area contributed by atoms with Crippen LogP contribution in [-0.2, 0) is 4.79 Å². The Labute approximate surface area is 66.0 Å². The van der Waals surface area contributed by atoms with Crippen LogP contribution in [0.5, 0.6) is 0 Å². The van der Waals surface area contributed by atoms with Crippen LogP contribution in [0.3, 0.4) is 0 Å². The first kappa shape index (κ1) is 10.4. The van der Waals surface area contributed by atoms with Crippen LogP contribution in [0, 0.1) is 5.92 Å². The molecule has 1 unspecified atom stereocenters. The van der Waals surface area contributed by atoms with Gasteiger partial charge in [-0.2, -0.15) is 0 Å². The topological polar surface area (TPSA) is 83.5 Å². The van der Waals surface area contributed by atoms with Crippen LogP contribution in [0.15, 0.2) is 0 Å². The predicted molar refractivity (Wildman–Crippen MR) is 41.1 cm³/mol. The number of aliphatic carboxylic acids is 1. The summed E-state index contributed by atoms with van der Waals surface area (Å²) in [5.41, 5.74) is 5.44. The summed E-state index contributed by atoms with van der Waals surface area (Å²) in [5.74, 6) is -1.22. The van der Waals surface area contributed by atoms with Gasteiger partial charge in [0.25, 0.3) is 0 Å². The molecule has 4 N–H and O–H groups in total. The number of rotatable bonds is 4. The van der Waals surface area contributed by atoms with Gasteiger partial charge in [0.2, 0.25) is 0 Å². The highest BCUT2D eigenvalue weighted by molar-refractivity contribution is 5.72. The second kappa shape index (κ2) is 4.31. The molecule has 0 aliphatic heterocycles. The van der Waals surface area contributed by atoms with E-state index in [0.717, 1.165) is 6.42 Å². The molecule has 0 aromatic heterocycles. The number of nitrogens with two attached hydrogens (primary N) is 1. The summed E-state index contributed by atoms with van der Waals surface area (Å²) >= 11 is 0. The summed E-state index contributed by atoms with van der Waals surface area (Å²) in [6.07, 6.45) is -0.671. The van der Waals surface area contributed by atoms with E-state index in [9.17, 15) is 4.79 Å². The minimum atomic E-state index is -1.44. The molecule has 0 radical (unpaired) electrons. The van der Waals surface area contributed by atoms with Gasteiger partial charge in [0.15, 0.2) is 6.10 Å². The van der Waals surface area contributed by atoms with Gasteiger partial charge in [0, 0.05) is 6.04 Å². The van der Waals surface area contributed by atoms with Gasteiger partial charge in [-0.1, -0.05) is 20.3 Å². The molecule has 0 saturated heterocycles. The zero-order valence-electron chi connectivity index (χ0n) is 6.82. The first-order valence-corrected chi connectivity index (χ1v) is 3.67. The molecule has 0 amide bonds. The number of hydrogen-bond acceptors (Lipinski definition) is 3. The van der Waals surface area contributed by atoms with Crippen LogP contribution in [0.25, 0.3) is 0 Å². The highest BCUT2D eigenvalue weighted by Gasteiger charge is 2.25. The Morgan fingerprint density at radius 2 is 2.09 bits per heavy atom. The normalized spacial score (nSPS) is 18.9. The van der Waals surface area contributed by atoms with E-state index in [1.165, 1.54) is 0 Å². The smallest absolute Gasteiger partial charge is 0.334 e. The highest BCUT2D eigenvalue weighted by atomic mass is 16.4. The van der Waals surface area contributed by atoms with Crippen molar-refractivity contribution in [3.8, 4) is 0 Å². The Balaban J connectivity index is 4.00. The molecule has 4 nitrogen and oxygen atoms in total. The van der Waals surface area contributed by atoms with Crippen molar-refractivity contribution in [3.05, 3.63) is 0 Å². The van der Waals surface area contributed by atoms with Crippen molar-refractivity contribution >= 4 is 5.97 Å². The third-order valence-electron chi connectivity index (χ3n) is 1.92. The van der Waals surface area contributed by atoms with E-state index in [1.807, 2.05) is 13.8 Å². The van der Waals surface area contributed by atoms with Crippen molar-refractivity contribution in [2.24, 2.45) is 11.7 Å². The molecule has 3 atom stereocenters. The van der Waals surface area contributed by atoms with Crippen LogP contribution in [-0.4, -0.2) is 28.3 Å². The molecule has 66 valence electrons. The Kier molecular flexibility index (Phi) is 4.07. The molecule has 0 fully saturated rings.